The number of rotatable bonds is 4. The van der Waals surface area contributed by atoms with Gasteiger partial charge in [0.1, 0.15) is 0 Å². The second-order valence-corrected chi connectivity index (χ2v) is 6.33. The summed E-state index contributed by atoms with van der Waals surface area (Å²) in [5.74, 6) is -0.0341. The summed E-state index contributed by atoms with van der Waals surface area (Å²) >= 11 is 8.59. The molecule has 2 heterocycles. The summed E-state index contributed by atoms with van der Waals surface area (Å²) < 4.78 is 3.74. The Bertz CT molecular complexity index is 776. The molecule has 0 unspecified atom stereocenters. The SMILES string of the molecule is O=C(C=Cc1csnn1)c1ccc(-c2ccc(Cl)cc2)s1. The highest BCUT2D eigenvalue weighted by molar-refractivity contribution is 7.17. The van der Waals surface area contributed by atoms with Gasteiger partial charge in [0.15, 0.2) is 5.78 Å². The smallest absolute Gasteiger partial charge is 0.195 e. The molecule has 0 saturated heterocycles. The minimum absolute atomic E-state index is 0.0341. The zero-order chi connectivity index (χ0) is 14.7. The number of aromatic nitrogens is 2. The summed E-state index contributed by atoms with van der Waals surface area (Å²) in [6.45, 7) is 0. The quantitative estimate of drug-likeness (QED) is 0.508. The molecule has 0 radical (unpaired) electrons. The van der Waals surface area contributed by atoms with Gasteiger partial charge in [0.25, 0.3) is 0 Å². The lowest BCUT2D eigenvalue weighted by Gasteiger charge is -1.96. The number of ketones is 1. The van der Waals surface area contributed by atoms with Gasteiger partial charge in [0.05, 0.1) is 10.6 Å². The second-order valence-electron chi connectivity index (χ2n) is 4.20. The lowest BCUT2D eigenvalue weighted by Crippen LogP contribution is -1.88. The fraction of sp³-hybridized carbons (Fsp3) is 0. The first-order valence-corrected chi connectivity index (χ1v) is 8.11. The highest BCUT2D eigenvalue weighted by atomic mass is 35.5. The van der Waals surface area contributed by atoms with Crippen LogP contribution in [0.2, 0.25) is 5.02 Å². The molecular formula is C15H9ClN2OS2. The second kappa shape index (κ2) is 6.30. The minimum Gasteiger partial charge on any atom is -0.288 e. The predicted octanol–water partition coefficient (Wildman–Crippen LogP) is 4.82. The molecule has 0 spiro atoms. The van der Waals surface area contributed by atoms with E-state index in [4.69, 9.17) is 11.6 Å². The van der Waals surface area contributed by atoms with Crippen molar-refractivity contribution >= 4 is 46.3 Å². The summed E-state index contributed by atoms with van der Waals surface area (Å²) in [6.07, 6.45) is 3.20. The lowest BCUT2D eigenvalue weighted by atomic mass is 10.2. The summed E-state index contributed by atoms with van der Waals surface area (Å²) in [7, 11) is 0. The maximum atomic E-state index is 12.1. The Hall–Kier alpha value is -1.82. The molecule has 0 fully saturated rings. The largest absolute Gasteiger partial charge is 0.288 e. The maximum Gasteiger partial charge on any atom is 0.195 e. The van der Waals surface area contributed by atoms with Gasteiger partial charge in [-0.2, -0.15) is 0 Å². The highest BCUT2D eigenvalue weighted by Crippen LogP contribution is 2.29. The number of carbonyl (C=O) groups excluding carboxylic acids is 1. The van der Waals surface area contributed by atoms with E-state index in [2.05, 4.69) is 9.59 Å². The molecule has 21 heavy (non-hydrogen) atoms. The molecule has 6 heteroatoms. The molecule has 0 amide bonds. The van der Waals surface area contributed by atoms with Crippen molar-refractivity contribution < 1.29 is 4.79 Å². The third-order valence-corrected chi connectivity index (χ3v) is 4.68. The Morgan fingerprint density at radius 1 is 1.14 bits per heavy atom. The summed E-state index contributed by atoms with van der Waals surface area (Å²) in [6, 6.07) is 11.3. The Morgan fingerprint density at radius 3 is 2.67 bits per heavy atom. The number of nitrogens with zero attached hydrogens (tertiary/aromatic N) is 2. The molecule has 1 aromatic carbocycles. The predicted molar refractivity (Wildman–Crippen MR) is 88.0 cm³/mol. The van der Waals surface area contributed by atoms with Gasteiger partial charge in [-0.15, -0.1) is 16.4 Å². The molecule has 0 aliphatic heterocycles. The standard InChI is InChI=1S/C15H9ClN2OS2/c16-11-3-1-10(2-4-11)14-7-8-15(21-14)13(19)6-5-12-9-20-18-17-12/h1-9H. The van der Waals surface area contributed by atoms with Gasteiger partial charge in [-0.3, -0.25) is 4.79 Å². The molecule has 0 atom stereocenters. The van der Waals surface area contributed by atoms with E-state index >= 15 is 0 Å². The number of hydrogen-bond donors (Lipinski definition) is 0. The molecule has 3 aromatic rings. The van der Waals surface area contributed by atoms with Crippen LogP contribution in [0.15, 0.2) is 47.9 Å². The Labute approximate surface area is 134 Å². The molecule has 0 aliphatic carbocycles. The van der Waals surface area contributed by atoms with Gasteiger partial charge in [-0.25, -0.2) is 0 Å². The lowest BCUT2D eigenvalue weighted by molar-refractivity contribution is 0.105. The summed E-state index contributed by atoms with van der Waals surface area (Å²) in [5.41, 5.74) is 1.75. The molecule has 0 bridgehead atoms. The van der Waals surface area contributed by atoms with E-state index in [1.165, 1.54) is 28.9 Å². The molecular weight excluding hydrogens is 324 g/mol. The number of thiophene rings is 1. The number of hydrogen-bond acceptors (Lipinski definition) is 5. The molecule has 0 N–H and O–H groups in total. The topological polar surface area (TPSA) is 42.9 Å². The first-order chi connectivity index (χ1) is 10.2. The Morgan fingerprint density at radius 2 is 1.95 bits per heavy atom. The van der Waals surface area contributed by atoms with Crippen molar-refractivity contribution in [1.82, 2.24) is 9.59 Å². The van der Waals surface area contributed by atoms with Crippen LogP contribution in [-0.2, 0) is 0 Å². The van der Waals surface area contributed by atoms with Gasteiger partial charge >= 0.3 is 0 Å². The van der Waals surface area contributed by atoms with Gasteiger partial charge in [-0.1, -0.05) is 28.2 Å². The van der Waals surface area contributed by atoms with E-state index in [1.807, 2.05) is 36.4 Å². The molecule has 0 aliphatic rings. The number of allylic oxidation sites excluding steroid dienone is 1. The molecule has 2 aromatic heterocycles. The van der Waals surface area contributed by atoms with Crippen LogP contribution >= 0.6 is 34.5 Å². The van der Waals surface area contributed by atoms with Gasteiger partial charge in [0, 0.05) is 15.3 Å². The first-order valence-electron chi connectivity index (χ1n) is 6.07. The van der Waals surface area contributed by atoms with Crippen LogP contribution in [0.5, 0.6) is 0 Å². The van der Waals surface area contributed by atoms with Gasteiger partial charge < -0.3 is 0 Å². The third-order valence-electron chi connectivity index (χ3n) is 2.76. The monoisotopic (exact) mass is 332 g/mol. The van der Waals surface area contributed by atoms with E-state index < -0.39 is 0 Å². The van der Waals surface area contributed by atoms with Crippen LogP contribution in [0.25, 0.3) is 16.5 Å². The zero-order valence-corrected chi connectivity index (χ0v) is 13.1. The van der Waals surface area contributed by atoms with Crippen LogP contribution in [0.4, 0.5) is 0 Å². The highest BCUT2D eigenvalue weighted by Gasteiger charge is 2.08. The van der Waals surface area contributed by atoms with Crippen molar-refractivity contribution in [3.05, 3.63) is 63.4 Å². The van der Waals surface area contributed by atoms with Gasteiger partial charge in [0.2, 0.25) is 0 Å². The maximum absolute atomic E-state index is 12.1. The molecule has 104 valence electrons. The number of benzene rings is 1. The normalized spacial score (nSPS) is 11.1. The van der Waals surface area contributed by atoms with Crippen molar-refractivity contribution in [2.24, 2.45) is 0 Å². The molecule has 0 saturated carbocycles. The van der Waals surface area contributed by atoms with Crippen LogP contribution in [-0.4, -0.2) is 15.4 Å². The van der Waals surface area contributed by atoms with Crippen molar-refractivity contribution in [1.29, 1.82) is 0 Å². The van der Waals surface area contributed by atoms with Crippen molar-refractivity contribution in [3.63, 3.8) is 0 Å². The van der Waals surface area contributed by atoms with E-state index in [9.17, 15) is 4.79 Å². The van der Waals surface area contributed by atoms with Crippen molar-refractivity contribution in [2.45, 2.75) is 0 Å². The van der Waals surface area contributed by atoms with Crippen molar-refractivity contribution in [3.8, 4) is 10.4 Å². The van der Waals surface area contributed by atoms with E-state index in [-0.39, 0.29) is 5.78 Å². The third kappa shape index (κ3) is 3.44. The number of carbonyl (C=O) groups is 1. The Kier molecular flexibility index (Phi) is 4.24. The first kappa shape index (κ1) is 14.1. The average Bonchev–Trinajstić information content (AvgIpc) is 3.17. The van der Waals surface area contributed by atoms with Crippen LogP contribution in [0.3, 0.4) is 0 Å². The van der Waals surface area contributed by atoms with E-state index in [1.54, 1.807) is 11.5 Å². The van der Waals surface area contributed by atoms with Crippen molar-refractivity contribution in [2.75, 3.05) is 0 Å². The van der Waals surface area contributed by atoms with E-state index in [0.29, 0.717) is 15.6 Å². The Balaban J connectivity index is 1.78. The summed E-state index contributed by atoms with van der Waals surface area (Å²) in [5, 5.41) is 6.35. The molecule has 3 rings (SSSR count). The molecule has 3 nitrogen and oxygen atoms in total. The average molecular weight is 333 g/mol. The zero-order valence-electron chi connectivity index (χ0n) is 10.7. The number of halogens is 1. The summed E-state index contributed by atoms with van der Waals surface area (Å²) in [4.78, 5) is 13.8. The minimum atomic E-state index is -0.0341. The van der Waals surface area contributed by atoms with Gasteiger partial charge in [-0.05, 0) is 53.5 Å². The van der Waals surface area contributed by atoms with Crippen LogP contribution in [0.1, 0.15) is 15.4 Å². The fourth-order valence-corrected chi connectivity index (χ4v) is 3.21. The fourth-order valence-electron chi connectivity index (χ4n) is 1.73. The van der Waals surface area contributed by atoms with Crippen LogP contribution < -0.4 is 0 Å². The van der Waals surface area contributed by atoms with Crippen LogP contribution in [0, 0.1) is 0 Å². The van der Waals surface area contributed by atoms with E-state index in [0.717, 1.165) is 10.4 Å².